The second kappa shape index (κ2) is 4.90. The maximum Gasteiger partial charge on any atom is 0.487 e. The Morgan fingerprint density at radius 2 is 2.00 bits per heavy atom. The summed E-state index contributed by atoms with van der Waals surface area (Å²) in [5, 5.41) is 25.7. The van der Waals surface area contributed by atoms with Crippen LogP contribution in [0.3, 0.4) is 0 Å². The van der Waals surface area contributed by atoms with Crippen molar-refractivity contribution in [3.8, 4) is 0 Å². The molecule has 0 spiro atoms. The van der Waals surface area contributed by atoms with E-state index in [2.05, 4.69) is 13.2 Å². The number of allylic oxidation sites excluding steroid dienone is 2. The third-order valence-electron chi connectivity index (χ3n) is 1.15. The van der Waals surface area contributed by atoms with Crippen LogP contribution in [0.25, 0.3) is 0 Å². The van der Waals surface area contributed by atoms with Crippen molar-refractivity contribution in [2.24, 2.45) is 0 Å². The Hall–Kier alpha value is -0.835. The van der Waals surface area contributed by atoms with Gasteiger partial charge in [-0.25, -0.2) is 0 Å². The third kappa shape index (κ3) is 3.77. The number of hydrogen-bond acceptors (Lipinski definition) is 3. The summed E-state index contributed by atoms with van der Waals surface area (Å²) in [4.78, 5) is 0. The van der Waals surface area contributed by atoms with E-state index >= 15 is 0 Å². The minimum Gasteiger partial charge on any atom is -0.423 e. The third-order valence-corrected chi connectivity index (χ3v) is 1.15. The number of hydrogen-bond donors (Lipinski definition) is 3. The van der Waals surface area contributed by atoms with Crippen LogP contribution in [0.5, 0.6) is 0 Å². The van der Waals surface area contributed by atoms with E-state index in [4.69, 9.17) is 15.2 Å². The zero-order valence-electron chi connectivity index (χ0n) is 6.20. The smallest absolute Gasteiger partial charge is 0.423 e. The summed E-state index contributed by atoms with van der Waals surface area (Å²) in [6.45, 7) is 6.58. The molecule has 0 aliphatic rings. The Morgan fingerprint density at radius 1 is 1.45 bits per heavy atom. The molecule has 0 radical (unpaired) electrons. The molecule has 0 saturated carbocycles. The second-order valence-corrected chi connectivity index (χ2v) is 2.03. The molecule has 3 nitrogen and oxygen atoms in total. The summed E-state index contributed by atoms with van der Waals surface area (Å²) in [5.41, 5.74) is 0.636. The highest BCUT2D eigenvalue weighted by molar-refractivity contribution is 6.51. The summed E-state index contributed by atoms with van der Waals surface area (Å²) in [7, 11) is -1.57. The average molecular weight is 154 g/mol. The van der Waals surface area contributed by atoms with Gasteiger partial charge in [-0.1, -0.05) is 25.3 Å². The molecule has 0 aromatic heterocycles. The quantitative estimate of drug-likeness (QED) is 0.383. The van der Waals surface area contributed by atoms with Crippen LogP contribution in [0.1, 0.15) is 0 Å². The molecule has 0 rings (SSSR count). The molecule has 60 valence electrons. The highest BCUT2D eigenvalue weighted by atomic mass is 16.4. The molecule has 11 heavy (non-hydrogen) atoms. The normalized spacial score (nSPS) is 11.0. The molecule has 0 bridgehead atoms. The van der Waals surface area contributed by atoms with Gasteiger partial charge in [0.25, 0.3) is 0 Å². The van der Waals surface area contributed by atoms with Crippen molar-refractivity contribution in [1.29, 1.82) is 0 Å². The molecule has 3 N–H and O–H groups in total. The van der Waals surface area contributed by atoms with Gasteiger partial charge in [0.15, 0.2) is 0 Å². The molecule has 0 amide bonds. The van der Waals surface area contributed by atoms with Gasteiger partial charge < -0.3 is 15.2 Å². The molecular formula is C7H11BO3. The maximum atomic E-state index is 8.61. The van der Waals surface area contributed by atoms with E-state index < -0.39 is 7.12 Å². The Kier molecular flexibility index (Phi) is 4.53. The lowest BCUT2D eigenvalue weighted by atomic mass is 9.80. The van der Waals surface area contributed by atoms with E-state index in [0.29, 0.717) is 5.57 Å². The number of aliphatic hydroxyl groups is 1. The SMILES string of the molecule is C=C/C(=C\C(=C)B(O)O)CO. The molecule has 0 aliphatic heterocycles. The Bertz CT molecular complexity index is 184. The fourth-order valence-corrected chi connectivity index (χ4v) is 0.482. The molecule has 0 saturated heterocycles. The first kappa shape index (κ1) is 10.2. The van der Waals surface area contributed by atoms with Crippen molar-refractivity contribution >= 4 is 7.12 Å². The van der Waals surface area contributed by atoms with Gasteiger partial charge in [-0.15, -0.1) is 0 Å². The fraction of sp³-hybridized carbons (Fsp3) is 0.143. The lowest BCUT2D eigenvalue weighted by molar-refractivity contribution is 0.335. The van der Waals surface area contributed by atoms with E-state index in [1.165, 1.54) is 12.2 Å². The van der Waals surface area contributed by atoms with Crippen LogP contribution in [0.2, 0.25) is 0 Å². The molecule has 0 atom stereocenters. The first-order valence-electron chi connectivity index (χ1n) is 3.10. The Morgan fingerprint density at radius 3 is 2.27 bits per heavy atom. The summed E-state index contributed by atoms with van der Waals surface area (Å²) < 4.78 is 0. The number of aliphatic hydroxyl groups excluding tert-OH is 1. The van der Waals surface area contributed by atoms with Crippen molar-refractivity contribution in [2.45, 2.75) is 0 Å². The zero-order valence-corrected chi connectivity index (χ0v) is 6.20. The first-order chi connectivity index (χ1) is 5.11. The van der Waals surface area contributed by atoms with Gasteiger partial charge in [0.05, 0.1) is 6.61 Å². The van der Waals surface area contributed by atoms with Gasteiger partial charge >= 0.3 is 7.12 Å². The Balaban J connectivity index is 4.26. The predicted molar refractivity (Wildman–Crippen MR) is 44.7 cm³/mol. The van der Waals surface area contributed by atoms with Gasteiger partial charge in [-0.2, -0.15) is 0 Å². The summed E-state index contributed by atoms with van der Waals surface area (Å²) >= 11 is 0. The van der Waals surface area contributed by atoms with Gasteiger partial charge in [-0.3, -0.25) is 0 Å². The van der Waals surface area contributed by atoms with E-state index in [1.54, 1.807) is 0 Å². The highest BCUT2D eigenvalue weighted by Gasteiger charge is 2.09. The molecule has 0 heterocycles. The highest BCUT2D eigenvalue weighted by Crippen LogP contribution is 2.01. The standard InChI is InChI=1S/C7H11BO3/c1-3-7(5-9)4-6(2)8(10)11/h3-4,9-11H,1-2,5H2/b7-4+. The molecule has 0 aromatic carbocycles. The molecule has 0 aromatic rings. The Labute approximate surface area is 66.1 Å². The monoisotopic (exact) mass is 154 g/mol. The predicted octanol–water partition coefficient (Wildman–Crippen LogP) is -0.341. The largest absolute Gasteiger partial charge is 0.487 e. The van der Waals surface area contributed by atoms with Crippen LogP contribution in [0.15, 0.2) is 36.4 Å². The van der Waals surface area contributed by atoms with E-state index in [1.807, 2.05) is 0 Å². The summed E-state index contributed by atoms with van der Waals surface area (Å²) in [5.74, 6) is 0. The van der Waals surface area contributed by atoms with Crippen molar-refractivity contribution in [3.63, 3.8) is 0 Å². The summed E-state index contributed by atoms with van der Waals surface area (Å²) in [6, 6.07) is 0. The van der Waals surface area contributed by atoms with Gasteiger partial charge in [0, 0.05) is 0 Å². The van der Waals surface area contributed by atoms with Gasteiger partial charge in [-0.05, 0) is 11.0 Å². The van der Waals surface area contributed by atoms with Crippen molar-refractivity contribution in [3.05, 3.63) is 36.4 Å². The van der Waals surface area contributed by atoms with Crippen LogP contribution in [-0.4, -0.2) is 28.9 Å². The van der Waals surface area contributed by atoms with Crippen LogP contribution < -0.4 is 0 Å². The topological polar surface area (TPSA) is 60.7 Å². The average Bonchev–Trinajstić information content (AvgIpc) is 1.99. The molecular weight excluding hydrogens is 143 g/mol. The molecule has 0 unspecified atom stereocenters. The zero-order chi connectivity index (χ0) is 8.85. The van der Waals surface area contributed by atoms with Crippen LogP contribution in [0, 0.1) is 0 Å². The van der Waals surface area contributed by atoms with Crippen molar-refractivity contribution in [1.82, 2.24) is 0 Å². The van der Waals surface area contributed by atoms with Gasteiger partial charge in [0.2, 0.25) is 0 Å². The molecule has 0 aliphatic carbocycles. The van der Waals surface area contributed by atoms with Gasteiger partial charge in [0.1, 0.15) is 0 Å². The minimum atomic E-state index is -1.57. The lowest BCUT2D eigenvalue weighted by Crippen LogP contribution is -2.13. The summed E-state index contributed by atoms with van der Waals surface area (Å²) in [6.07, 6.45) is 2.80. The van der Waals surface area contributed by atoms with Crippen molar-refractivity contribution in [2.75, 3.05) is 6.61 Å². The number of rotatable bonds is 4. The van der Waals surface area contributed by atoms with Crippen LogP contribution >= 0.6 is 0 Å². The lowest BCUT2D eigenvalue weighted by Gasteiger charge is -1.98. The van der Waals surface area contributed by atoms with Crippen LogP contribution in [0.4, 0.5) is 0 Å². The second-order valence-electron chi connectivity index (χ2n) is 2.03. The minimum absolute atomic E-state index is 0.133. The molecule has 4 heteroatoms. The van der Waals surface area contributed by atoms with Crippen molar-refractivity contribution < 1.29 is 15.2 Å². The maximum absolute atomic E-state index is 8.61. The first-order valence-corrected chi connectivity index (χ1v) is 3.10. The molecule has 0 fully saturated rings. The van der Waals surface area contributed by atoms with E-state index in [-0.39, 0.29) is 12.1 Å². The fourth-order valence-electron chi connectivity index (χ4n) is 0.482. The van der Waals surface area contributed by atoms with E-state index in [9.17, 15) is 0 Å². The van der Waals surface area contributed by atoms with E-state index in [0.717, 1.165) is 0 Å². The van der Waals surface area contributed by atoms with Crippen LogP contribution in [-0.2, 0) is 0 Å².